The first-order valence-corrected chi connectivity index (χ1v) is 11.6. The summed E-state index contributed by atoms with van der Waals surface area (Å²) in [7, 11) is 0. The van der Waals surface area contributed by atoms with E-state index in [1.54, 1.807) is 35.4 Å². The molecule has 1 N–H and O–H groups in total. The van der Waals surface area contributed by atoms with E-state index in [0.29, 0.717) is 34.3 Å². The van der Waals surface area contributed by atoms with Crippen LogP contribution in [-0.4, -0.2) is 62.1 Å². The minimum atomic E-state index is -1.20. The lowest BCUT2D eigenvalue weighted by Gasteiger charge is -2.27. The summed E-state index contributed by atoms with van der Waals surface area (Å²) >= 11 is 1.43. The second-order valence-corrected chi connectivity index (χ2v) is 8.55. The number of carbonyl (C=O) groups excluding carboxylic acids is 1. The lowest BCUT2D eigenvalue weighted by atomic mass is 10.1. The zero-order valence-corrected chi connectivity index (χ0v) is 18.5. The van der Waals surface area contributed by atoms with E-state index >= 15 is 0 Å². The van der Waals surface area contributed by atoms with Crippen LogP contribution in [0.1, 0.15) is 23.2 Å². The van der Waals surface area contributed by atoms with Crippen LogP contribution in [0.15, 0.2) is 44.8 Å². The number of hydrogen-bond donors (Lipinski definition) is 1. The number of amides is 1. The zero-order chi connectivity index (χ0) is 23.1. The van der Waals surface area contributed by atoms with E-state index in [2.05, 4.69) is 20.0 Å². The number of thioether (sulfide) groups is 1. The summed E-state index contributed by atoms with van der Waals surface area (Å²) in [6.45, 7) is 0.708. The third kappa shape index (κ3) is 3.86. The van der Waals surface area contributed by atoms with Gasteiger partial charge in [0, 0.05) is 36.6 Å². The average molecular weight is 468 g/mol. The van der Waals surface area contributed by atoms with E-state index < -0.39 is 18.3 Å². The Balaban J connectivity index is 1.54. The van der Waals surface area contributed by atoms with E-state index in [1.165, 1.54) is 11.8 Å². The third-order valence-electron chi connectivity index (χ3n) is 5.74. The van der Waals surface area contributed by atoms with Crippen molar-refractivity contribution in [3.8, 4) is 11.5 Å². The van der Waals surface area contributed by atoms with Crippen molar-refractivity contribution in [1.29, 1.82) is 0 Å². The average Bonchev–Trinajstić information content (AvgIpc) is 3.40. The van der Waals surface area contributed by atoms with Crippen LogP contribution in [0.4, 0.5) is 11.5 Å². The van der Waals surface area contributed by atoms with Gasteiger partial charge in [-0.2, -0.15) is 4.68 Å². The van der Waals surface area contributed by atoms with Crippen molar-refractivity contribution in [2.45, 2.75) is 30.6 Å². The number of fused-ring (bicyclic) bond motifs is 3. The number of carbonyl (C=O) groups is 2. The van der Waals surface area contributed by atoms with Gasteiger partial charge in [-0.25, -0.2) is 14.8 Å². The fourth-order valence-electron chi connectivity index (χ4n) is 4.25. The first-order chi connectivity index (χ1) is 15.9. The molecule has 0 unspecified atom stereocenters. The van der Waals surface area contributed by atoms with Gasteiger partial charge in [0.25, 0.3) is 5.91 Å². The number of aliphatic carboxylic acids is 1. The summed E-state index contributed by atoms with van der Waals surface area (Å²) < 4.78 is 5.89. The number of benzene rings is 1. The molecule has 0 aliphatic carbocycles. The Labute approximate surface area is 192 Å². The molecule has 11 nitrogen and oxygen atoms in total. The van der Waals surface area contributed by atoms with E-state index in [4.69, 9.17) is 9.52 Å². The molecule has 0 bridgehead atoms. The predicted octanol–water partition coefficient (Wildman–Crippen LogP) is 1.73. The molecule has 5 rings (SSSR count). The Morgan fingerprint density at radius 2 is 2.18 bits per heavy atom. The number of nitrogens with zero attached hydrogens (tertiary/aromatic N) is 6. The van der Waals surface area contributed by atoms with Crippen molar-refractivity contribution >= 4 is 35.1 Å². The highest BCUT2D eigenvalue weighted by atomic mass is 32.2. The van der Waals surface area contributed by atoms with Gasteiger partial charge >= 0.3 is 11.7 Å². The first-order valence-electron chi connectivity index (χ1n) is 10.3. The molecule has 2 aliphatic heterocycles. The summed E-state index contributed by atoms with van der Waals surface area (Å²) in [6, 6.07) is 7.05. The molecule has 3 aromatic rings. The maximum absolute atomic E-state index is 13.5. The molecule has 0 radical (unpaired) electrons. The van der Waals surface area contributed by atoms with Crippen molar-refractivity contribution in [3.05, 3.63) is 46.6 Å². The van der Waals surface area contributed by atoms with E-state index in [9.17, 15) is 14.4 Å². The van der Waals surface area contributed by atoms with Crippen molar-refractivity contribution < 1.29 is 19.1 Å². The largest absolute Gasteiger partial charge is 0.480 e. The smallest absolute Gasteiger partial charge is 0.437 e. The summed E-state index contributed by atoms with van der Waals surface area (Å²) in [5, 5.41) is 13.5. The van der Waals surface area contributed by atoms with Gasteiger partial charge in [0.2, 0.25) is 5.89 Å². The molecule has 2 aromatic heterocycles. The van der Waals surface area contributed by atoms with E-state index in [-0.39, 0.29) is 17.8 Å². The van der Waals surface area contributed by atoms with Gasteiger partial charge in [0.05, 0.1) is 0 Å². The first kappa shape index (κ1) is 21.2. The monoisotopic (exact) mass is 468 g/mol. The molecule has 1 saturated heterocycles. The SMILES string of the molecule is CSc1ncc2c(n1)N1CCC[C@H]1CN(c1cccc(-c3nn(CC(=O)O)c(=O)o3)c1)C2=O. The number of aromatic nitrogens is 4. The van der Waals surface area contributed by atoms with Crippen LogP contribution >= 0.6 is 11.8 Å². The zero-order valence-electron chi connectivity index (χ0n) is 17.7. The van der Waals surface area contributed by atoms with Gasteiger partial charge in [0.1, 0.15) is 17.9 Å². The Bertz CT molecular complexity index is 1300. The van der Waals surface area contributed by atoms with Gasteiger partial charge < -0.3 is 19.3 Å². The number of carboxylic acids is 1. The second-order valence-electron chi connectivity index (χ2n) is 7.77. The maximum atomic E-state index is 13.5. The predicted molar refractivity (Wildman–Crippen MR) is 120 cm³/mol. The van der Waals surface area contributed by atoms with Crippen LogP contribution < -0.4 is 15.6 Å². The number of carboxylic acid groups (broad SMARTS) is 1. The molecule has 0 spiro atoms. The van der Waals surface area contributed by atoms with E-state index in [1.807, 2.05) is 6.26 Å². The van der Waals surface area contributed by atoms with Gasteiger partial charge in [-0.3, -0.25) is 9.59 Å². The minimum absolute atomic E-state index is 0.0128. The highest BCUT2D eigenvalue weighted by molar-refractivity contribution is 7.98. The van der Waals surface area contributed by atoms with Crippen LogP contribution in [-0.2, 0) is 11.3 Å². The fourth-order valence-corrected chi connectivity index (χ4v) is 4.59. The van der Waals surface area contributed by atoms with E-state index in [0.717, 1.165) is 24.1 Å². The minimum Gasteiger partial charge on any atom is -0.480 e. The lowest BCUT2D eigenvalue weighted by molar-refractivity contribution is -0.138. The quantitative estimate of drug-likeness (QED) is 0.436. The Morgan fingerprint density at radius 1 is 1.33 bits per heavy atom. The Morgan fingerprint density at radius 3 is 2.97 bits per heavy atom. The van der Waals surface area contributed by atoms with Crippen LogP contribution in [0, 0.1) is 0 Å². The van der Waals surface area contributed by atoms with Gasteiger partial charge in [-0.05, 0) is 37.3 Å². The number of anilines is 2. The molecule has 1 amide bonds. The highest BCUT2D eigenvalue weighted by Gasteiger charge is 2.37. The molecular weight excluding hydrogens is 448 g/mol. The molecular formula is C21H20N6O5S. The summed E-state index contributed by atoms with van der Waals surface area (Å²) in [5.41, 5.74) is 1.52. The molecule has 0 saturated carbocycles. The molecule has 2 aliphatic rings. The molecule has 170 valence electrons. The van der Waals surface area contributed by atoms with Crippen LogP contribution in [0.5, 0.6) is 0 Å². The third-order valence-corrected chi connectivity index (χ3v) is 6.31. The second kappa shape index (κ2) is 8.35. The molecule has 4 heterocycles. The lowest BCUT2D eigenvalue weighted by Crippen LogP contribution is -2.39. The van der Waals surface area contributed by atoms with Crippen molar-refractivity contribution in [3.63, 3.8) is 0 Å². The Kier molecular flexibility index (Phi) is 5.36. The van der Waals surface area contributed by atoms with Crippen LogP contribution in [0.3, 0.4) is 0 Å². The number of rotatable bonds is 5. The molecule has 1 atom stereocenters. The topological polar surface area (TPSA) is 135 Å². The maximum Gasteiger partial charge on any atom is 0.437 e. The van der Waals surface area contributed by atoms with Gasteiger partial charge in [0.15, 0.2) is 5.16 Å². The van der Waals surface area contributed by atoms with Crippen LogP contribution in [0.25, 0.3) is 11.5 Å². The Hall–Kier alpha value is -3.67. The molecule has 1 fully saturated rings. The summed E-state index contributed by atoms with van der Waals surface area (Å²) in [5.74, 6) is -1.62. The normalized spacial score (nSPS) is 17.6. The standard InChI is InChI=1S/C21H20N6O5S/c1-33-20-22-9-15-17(23-20)25-7-3-6-14(25)10-26(19(15)30)13-5-2-4-12(8-13)18-24-27(11-16(28)29)21(31)32-18/h2,4-5,8-9,14H,3,6-7,10-11H2,1H3,(H,28,29)/t14-/m0/s1. The van der Waals surface area contributed by atoms with Crippen molar-refractivity contribution in [2.75, 3.05) is 29.1 Å². The number of hydrogen-bond acceptors (Lipinski definition) is 9. The van der Waals surface area contributed by atoms with Gasteiger partial charge in [-0.1, -0.05) is 17.8 Å². The van der Waals surface area contributed by atoms with Gasteiger partial charge in [-0.15, -0.1) is 5.10 Å². The van der Waals surface area contributed by atoms with Crippen LogP contribution in [0.2, 0.25) is 0 Å². The summed E-state index contributed by atoms with van der Waals surface area (Å²) in [4.78, 5) is 49.2. The summed E-state index contributed by atoms with van der Waals surface area (Å²) in [6.07, 6.45) is 5.43. The molecule has 33 heavy (non-hydrogen) atoms. The fraction of sp³-hybridized carbons (Fsp3) is 0.333. The van der Waals surface area contributed by atoms with Crippen molar-refractivity contribution in [1.82, 2.24) is 19.7 Å². The molecule has 1 aromatic carbocycles. The molecule has 12 heteroatoms. The highest BCUT2D eigenvalue weighted by Crippen LogP contribution is 2.35. The van der Waals surface area contributed by atoms with Crippen molar-refractivity contribution in [2.24, 2.45) is 0 Å².